The number of thiazole rings is 1. The SMILES string of the molecule is Cc1csc(NC(=O)CN2CCC[C@H](O)C2)n1. The van der Waals surface area contributed by atoms with Crippen molar-refractivity contribution in [3.8, 4) is 0 Å². The van der Waals surface area contributed by atoms with Crippen LogP contribution in [0.4, 0.5) is 5.13 Å². The Morgan fingerprint density at radius 1 is 1.76 bits per heavy atom. The van der Waals surface area contributed by atoms with E-state index in [2.05, 4.69) is 10.3 Å². The molecule has 1 aromatic heterocycles. The minimum Gasteiger partial charge on any atom is -0.392 e. The Morgan fingerprint density at radius 3 is 3.24 bits per heavy atom. The standard InChI is InChI=1S/C11H17N3O2S/c1-8-7-17-11(12-8)13-10(16)6-14-4-2-3-9(15)5-14/h7,9,15H,2-6H2,1H3,(H,12,13,16)/t9-/m0/s1. The molecule has 1 aliphatic rings. The van der Waals surface area contributed by atoms with Gasteiger partial charge in [-0.05, 0) is 26.3 Å². The number of aliphatic hydroxyl groups excluding tert-OH is 1. The number of anilines is 1. The van der Waals surface area contributed by atoms with E-state index in [1.165, 1.54) is 11.3 Å². The number of piperidine rings is 1. The Morgan fingerprint density at radius 2 is 2.59 bits per heavy atom. The molecule has 0 aliphatic carbocycles. The third kappa shape index (κ3) is 3.76. The molecule has 0 bridgehead atoms. The summed E-state index contributed by atoms with van der Waals surface area (Å²) in [5.41, 5.74) is 0.915. The number of nitrogens with one attached hydrogen (secondary N) is 1. The molecule has 1 atom stereocenters. The summed E-state index contributed by atoms with van der Waals surface area (Å²) in [5.74, 6) is -0.0616. The highest BCUT2D eigenvalue weighted by Crippen LogP contribution is 2.15. The summed E-state index contributed by atoms with van der Waals surface area (Å²) in [7, 11) is 0. The van der Waals surface area contributed by atoms with E-state index in [0.717, 1.165) is 25.1 Å². The van der Waals surface area contributed by atoms with Crippen molar-refractivity contribution in [1.29, 1.82) is 0 Å². The average molecular weight is 255 g/mol. The van der Waals surface area contributed by atoms with Gasteiger partial charge >= 0.3 is 0 Å². The van der Waals surface area contributed by atoms with Gasteiger partial charge in [0.1, 0.15) is 0 Å². The van der Waals surface area contributed by atoms with Crippen LogP contribution in [-0.4, -0.2) is 46.6 Å². The first kappa shape index (κ1) is 12.5. The summed E-state index contributed by atoms with van der Waals surface area (Å²) in [6, 6.07) is 0. The molecule has 0 unspecified atom stereocenters. The van der Waals surface area contributed by atoms with Gasteiger partial charge in [0.15, 0.2) is 5.13 Å². The maximum atomic E-state index is 11.7. The fourth-order valence-electron chi connectivity index (χ4n) is 1.95. The first-order valence-electron chi connectivity index (χ1n) is 5.76. The minimum absolute atomic E-state index is 0.0616. The number of carbonyl (C=O) groups excluding carboxylic acids is 1. The predicted molar refractivity (Wildman–Crippen MR) is 67.2 cm³/mol. The summed E-state index contributed by atoms with van der Waals surface area (Å²) in [4.78, 5) is 17.9. The second-order valence-corrected chi connectivity index (χ2v) is 5.23. The maximum absolute atomic E-state index is 11.7. The van der Waals surface area contributed by atoms with Gasteiger partial charge in [-0.1, -0.05) is 0 Å². The van der Waals surface area contributed by atoms with Gasteiger partial charge in [-0.15, -0.1) is 11.3 Å². The first-order chi connectivity index (χ1) is 8.13. The molecule has 5 nitrogen and oxygen atoms in total. The molecule has 1 amide bonds. The summed E-state index contributed by atoms with van der Waals surface area (Å²) < 4.78 is 0. The van der Waals surface area contributed by atoms with Crippen LogP contribution in [0.2, 0.25) is 0 Å². The summed E-state index contributed by atoms with van der Waals surface area (Å²) in [5, 5.41) is 14.8. The molecule has 1 saturated heterocycles. The molecule has 94 valence electrons. The van der Waals surface area contributed by atoms with E-state index in [9.17, 15) is 9.90 Å². The highest BCUT2D eigenvalue weighted by atomic mass is 32.1. The Hall–Kier alpha value is -0.980. The molecule has 1 aromatic rings. The van der Waals surface area contributed by atoms with Crippen molar-refractivity contribution in [1.82, 2.24) is 9.88 Å². The zero-order valence-electron chi connectivity index (χ0n) is 9.85. The monoisotopic (exact) mass is 255 g/mol. The number of likely N-dealkylation sites (tertiary alicyclic amines) is 1. The highest BCUT2D eigenvalue weighted by Gasteiger charge is 2.19. The Bertz CT molecular complexity index is 394. The zero-order valence-corrected chi connectivity index (χ0v) is 10.7. The molecular formula is C11H17N3O2S. The largest absolute Gasteiger partial charge is 0.392 e. The Balaban J connectivity index is 1.80. The van der Waals surface area contributed by atoms with Crippen LogP contribution in [0, 0.1) is 6.92 Å². The first-order valence-corrected chi connectivity index (χ1v) is 6.64. The van der Waals surface area contributed by atoms with Gasteiger partial charge in [-0.2, -0.15) is 0 Å². The normalized spacial score (nSPS) is 21.4. The summed E-state index contributed by atoms with van der Waals surface area (Å²) >= 11 is 1.43. The van der Waals surface area contributed by atoms with Crippen molar-refractivity contribution in [3.05, 3.63) is 11.1 Å². The van der Waals surface area contributed by atoms with Crippen LogP contribution in [0.3, 0.4) is 0 Å². The fourth-order valence-corrected chi connectivity index (χ4v) is 2.65. The topological polar surface area (TPSA) is 65.5 Å². The maximum Gasteiger partial charge on any atom is 0.240 e. The lowest BCUT2D eigenvalue weighted by Crippen LogP contribution is -2.42. The van der Waals surface area contributed by atoms with E-state index in [1.54, 1.807) is 0 Å². The van der Waals surface area contributed by atoms with Crippen LogP contribution in [0.1, 0.15) is 18.5 Å². The van der Waals surface area contributed by atoms with Crippen molar-refractivity contribution in [2.75, 3.05) is 25.0 Å². The number of carbonyl (C=O) groups is 1. The van der Waals surface area contributed by atoms with Gasteiger partial charge in [-0.3, -0.25) is 9.69 Å². The summed E-state index contributed by atoms with van der Waals surface area (Å²) in [6.45, 7) is 3.69. The Labute approximate surface area is 104 Å². The van der Waals surface area contributed by atoms with Crippen LogP contribution in [0.25, 0.3) is 0 Å². The van der Waals surface area contributed by atoms with Gasteiger partial charge in [0.2, 0.25) is 5.91 Å². The number of amides is 1. The number of aryl methyl sites for hydroxylation is 1. The number of aromatic nitrogens is 1. The van der Waals surface area contributed by atoms with Crippen molar-refractivity contribution >= 4 is 22.4 Å². The van der Waals surface area contributed by atoms with E-state index >= 15 is 0 Å². The van der Waals surface area contributed by atoms with Crippen LogP contribution >= 0.6 is 11.3 Å². The predicted octanol–water partition coefficient (Wildman–Crippen LogP) is 0.847. The van der Waals surface area contributed by atoms with Crippen molar-refractivity contribution in [2.24, 2.45) is 0 Å². The molecule has 1 fully saturated rings. The molecule has 0 radical (unpaired) electrons. The smallest absolute Gasteiger partial charge is 0.240 e. The number of rotatable bonds is 3. The molecule has 0 spiro atoms. The van der Waals surface area contributed by atoms with Gasteiger partial charge in [0, 0.05) is 11.9 Å². The van der Waals surface area contributed by atoms with E-state index in [0.29, 0.717) is 18.2 Å². The number of hydrogen-bond donors (Lipinski definition) is 2. The van der Waals surface area contributed by atoms with Crippen LogP contribution in [-0.2, 0) is 4.79 Å². The van der Waals surface area contributed by atoms with Crippen molar-refractivity contribution in [3.63, 3.8) is 0 Å². The zero-order chi connectivity index (χ0) is 12.3. The third-order valence-electron chi connectivity index (χ3n) is 2.71. The van der Waals surface area contributed by atoms with Gasteiger partial charge in [-0.25, -0.2) is 4.98 Å². The van der Waals surface area contributed by atoms with E-state index in [-0.39, 0.29) is 12.0 Å². The molecule has 0 aromatic carbocycles. The van der Waals surface area contributed by atoms with E-state index < -0.39 is 0 Å². The molecule has 1 aliphatic heterocycles. The molecule has 17 heavy (non-hydrogen) atoms. The number of hydrogen-bond acceptors (Lipinski definition) is 5. The quantitative estimate of drug-likeness (QED) is 0.840. The van der Waals surface area contributed by atoms with E-state index in [1.807, 2.05) is 17.2 Å². The van der Waals surface area contributed by atoms with Crippen LogP contribution in [0.15, 0.2) is 5.38 Å². The third-order valence-corrected chi connectivity index (χ3v) is 3.59. The van der Waals surface area contributed by atoms with Crippen LogP contribution < -0.4 is 5.32 Å². The Kier molecular flexibility index (Phi) is 4.09. The number of aliphatic hydroxyl groups is 1. The number of nitrogens with zero attached hydrogens (tertiary/aromatic N) is 2. The lowest BCUT2D eigenvalue weighted by Gasteiger charge is -2.29. The molecule has 6 heteroatoms. The van der Waals surface area contributed by atoms with Gasteiger partial charge in [0.05, 0.1) is 18.3 Å². The van der Waals surface area contributed by atoms with Gasteiger partial charge in [0.25, 0.3) is 0 Å². The van der Waals surface area contributed by atoms with Crippen molar-refractivity contribution in [2.45, 2.75) is 25.9 Å². The van der Waals surface area contributed by atoms with E-state index in [4.69, 9.17) is 0 Å². The minimum atomic E-state index is -0.293. The fraction of sp³-hybridized carbons (Fsp3) is 0.636. The highest BCUT2D eigenvalue weighted by molar-refractivity contribution is 7.13. The molecule has 0 saturated carbocycles. The van der Waals surface area contributed by atoms with Gasteiger partial charge < -0.3 is 10.4 Å². The van der Waals surface area contributed by atoms with Crippen molar-refractivity contribution < 1.29 is 9.90 Å². The average Bonchev–Trinajstić information content (AvgIpc) is 2.63. The second kappa shape index (κ2) is 5.57. The molecular weight excluding hydrogens is 238 g/mol. The number of β-amino-alcohol motifs (C(OH)–C–C–N with tert-alkyl or cyclic N) is 1. The second-order valence-electron chi connectivity index (χ2n) is 4.37. The van der Waals surface area contributed by atoms with Crippen LogP contribution in [0.5, 0.6) is 0 Å². The lowest BCUT2D eigenvalue weighted by atomic mass is 10.1. The lowest BCUT2D eigenvalue weighted by molar-refractivity contribution is -0.118. The molecule has 2 rings (SSSR count). The summed E-state index contributed by atoms with van der Waals surface area (Å²) in [6.07, 6.45) is 1.49. The molecule has 2 N–H and O–H groups in total. The molecule has 2 heterocycles.